The van der Waals surface area contributed by atoms with Crippen molar-refractivity contribution in [1.82, 2.24) is 0 Å². The summed E-state index contributed by atoms with van der Waals surface area (Å²) in [6, 6.07) is 5.73. The molecule has 0 aliphatic carbocycles. The molecule has 2 unspecified atom stereocenters. The Morgan fingerprint density at radius 1 is 1.56 bits per heavy atom. The quantitative estimate of drug-likeness (QED) is 0.857. The van der Waals surface area contributed by atoms with Crippen molar-refractivity contribution in [2.24, 2.45) is 11.7 Å². The summed E-state index contributed by atoms with van der Waals surface area (Å²) in [7, 11) is 0. The van der Waals surface area contributed by atoms with Gasteiger partial charge in [-0.1, -0.05) is 31.9 Å². The van der Waals surface area contributed by atoms with E-state index in [0.29, 0.717) is 5.92 Å². The van der Waals surface area contributed by atoms with Crippen molar-refractivity contribution in [3.05, 3.63) is 28.8 Å². The predicted molar refractivity (Wildman–Crippen MR) is 66.9 cm³/mol. The van der Waals surface area contributed by atoms with Crippen LogP contribution in [-0.2, 0) is 0 Å². The Morgan fingerprint density at radius 3 is 3.00 bits per heavy atom. The van der Waals surface area contributed by atoms with Crippen LogP contribution in [0.25, 0.3) is 0 Å². The lowest BCUT2D eigenvalue weighted by Gasteiger charge is -2.33. The topological polar surface area (TPSA) is 35.2 Å². The molecular weight excluding hydrogens is 222 g/mol. The van der Waals surface area contributed by atoms with Crippen LogP contribution in [0, 0.1) is 5.92 Å². The number of benzene rings is 1. The Morgan fingerprint density at radius 2 is 2.31 bits per heavy atom. The molecule has 0 amide bonds. The van der Waals surface area contributed by atoms with Crippen molar-refractivity contribution in [2.45, 2.75) is 38.8 Å². The normalized spacial score (nSPS) is 25.8. The first-order chi connectivity index (χ1) is 7.61. The molecule has 3 atom stereocenters. The first-order valence-corrected chi connectivity index (χ1v) is 6.21. The summed E-state index contributed by atoms with van der Waals surface area (Å²) in [5, 5.41) is 0.722. The number of halogens is 1. The minimum absolute atomic E-state index is 0.0430. The van der Waals surface area contributed by atoms with E-state index in [4.69, 9.17) is 22.1 Å². The molecule has 0 aromatic heterocycles. The summed E-state index contributed by atoms with van der Waals surface area (Å²) in [4.78, 5) is 0. The number of fused-ring (bicyclic) bond motifs is 1. The molecule has 16 heavy (non-hydrogen) atoms. The fourth-order valence-corrected chi connectivity index (χ4v) is 2.30. The number of hydrogen-bond acceptors (Lipinski definition) is 2. The molecule has 88 valence electrons. The summed E-state index contributed by atoms with van der Waals surface area (Å²) >= 11 is 5.96. The van der Waals surface area contributed by atoms with Crippen LogP contribution in [0.5, 0.6) is 5.75 Å². The third-order valence-electron chi connectivity index (χ3n) is 3.41. The van der Waals surface area contributed by atoms with Crippen LogP contribution in [0.1, 0.15) is 38.3 Å². The fraction of sp³-hybridized carbons (Fsp3) is 0.538. The van der Waals surface area contributed by atoms with Gasteiger partial charge >= 0.3 is 0 Å². The number of ether oxygens (including phenoxy) is 1. The average molecular weight is 240 g/mol. The molecule has 2 nitrogen and oxygen atoms in total. The van der Waals surface area contributed by atoms with E-state index in [-0.39, 0.29) is 12.1 Å². The molecule has 3 heteroatoms. The van der Waals surface area contributed by atoms with Gasteiger partial charge in [0.1, 0.15) is 11.9 Å². The lowest BCUT2D eigenvalue weighted by atomic mass is 9.90. The van der Waals surface area contributed by atoms with Crippen molar-refractivity contribution in [1.29, 1.82) is 0 Å². The number of nitrogens with two attached hydrogens (primary N) is 1. The molecule has 1 aliphatic rings. The van der Waals surface area contributed by atoms with Crippen LogP contribution in [0.2, 0.25) is 5.02 Å². The predicted octanol–water partition coefficient (Wildman–Crippen LogP) is 3.54. The van der Waals surface area contributed by atoms with Crippen LogP contribution in [0.15, 0.2) is 18.2 Å². The van der Waals surface area contributed by atoms with Gasteiger partial charge in [-0.15, -0.1) is 0 Å². The van der Waals surface area contributed by atoms with E-state index in [0.717, 1.165) is 29.2 Å². The molecule has 1 heterocycles. The van der Waals surface area contributed by atoms with Gasteiger partial charge in [0, 0.05) is 23.0 Å². The minimum atomic E-state index is 0.0430. The molecule has 0 saturated carbocycles. The second-order valence-corrected chi connectivity index (χ2v) is 5.00. The monoisotopic (exact) mass is 239 g/mol. The van der Waals surface area contributed by atoms with Crippen molar-refractivity contribution >= 4 is 11.6 Å². The zero-order valence-electron chi connectivity index (χ0n) is 9.74. The van der Waals surface area contributed by atoms with Crippen molar-refractivity contribution in [2.75, 3.05) is 0 Å². The van der Waals surface area contributed by atoms with E-state index in [1.807, 2.05) is 18.2 Å². The molecule has 2 N–H and O–H groups in total. The lowest BCUT2D eigenvalue weighted by Crippen LogP contribution is -2.34. The first kappa shape index (κ1) is 11.7. The van der Waals surface area contributed by atoms with Gasteiger partial charge in [0.25, 0.3) is 0 Å². The molecule has 1 aromatic carbocycles. The highest BCUT2D eigenvalue weighted by molar-refractivity contribution is 6.30. The molecular formula is C13H18ClNO. The van der Waals surface area contributed by atoms with Gasteiger partial charge in [0.2, 0.25) is 0 Å². The van der Waals surface area contributed by atoms with Gasteiger partial charge in [-0.05, 0) is 24.1 Å². The van der Waals surface area contributed by atoms with E-state index >= 15 is 0 Å². The maximum absolute atomic E-state index is 6.16. The highest BCUT2D eigenvalue weighted by Crippen LogP contribution is 2.37. The summed E-state index contributed by atoms with van der Waals surface area (Å²) in [5.41, 5.74) is 7.19. The molecule has 0 saturated heterocycles. The summed E-state index contributed by atoms with van der Waals surface area (Å²) < 4.78 is 5.97. The fourth-order valence-electron chi connectivity index (χ4n) is 2.12. The van der Waals surface area contributed by atoms with Crippen LogP contribution in [-0.4, -0.2) is 6.10 Å². The smallest absolute Gasteiger partial charge is 0.124 e. The van der Waals surface area contributed by atoms with Crippen molar-refractivity contribution in [3.8, 4) is 5.75 Å². The van der Waals surface area contributed by atoms with E-state index in [1.165, 1.54) is 0 Å². The Bertz CT molecular complexity index is 380. The van der Waals surface area contributed by atoms with Gasteiger partial charge in [0.15, 0.2) is 0 Å². The van der Waals surface area contributed by atoms with E-state index in [1.54, 1.807) is 0 Å². The standard InChI is InChI=1S/C13H18ClNO/c1-3-8(2)13-7-11(15)10-6-9(14)4-5-12(10)16-13/h4-6,8,11,13H,3,7,15H2,1-2H3/t8?,11-,13?/m1/s1. The van der Waals surface area contributed by atoms with Gasteiger partial charge in [0.05, 0.1) is 0 Å². The van der Waals surface area contributed by atoms with Crippen LogP contribution >= 0.6 is 11.6 Å². The molecule has 0 bridgehead atoms. The third kappa shape index (κ3) is 2.18. The molecule has 0 fully saturated rings. The highest BCUT2D eigenvalue weighted by Gasteiger charge is 2.28. The first-order valence-electron chi connectivity index (χ1n) is 5.83. The molecule has 1 aromatic rings. The Labute approximate surface area is 102 Å². The summed E-state index contributed by atoms with van der Waals surface area (Å²) in [6.45, 7) is 4.38. The van der Waals surface area contributed by atoms with Gasteiger partial charge in [-0.3, -0.25) is 0 Å². The van der Waals surface area contributed by atoms with E-state index in [9.17, 15) is 0 Å². The van der Waals surface area contributed by atoms with Crippen LogP contribution < -0.4 is 10.5 Å². The lowest BCUT2D eigenvalue weighted by molar-refractivity contribution is 0.105. The molecule has 2 rings (SSSR count). The van der Waals surface area contributed by atoms with Gasteiger partial charge in [-0.25, -0.2) is 0 Å². The minimum Gasteiger partial charge on any atom is -0.490 e. The van der Waals surface area contributed by atoms with E-state index in [2.05, 4.69) is 13.8 Å². The Hall–Kier alpha value is -0.730. The molecule has 0 radical (unpaired) electrons. The zero-order valence-corrected chi connectivity index (χ0v) is 10.5. The maximum Gasteiger partial charge on any atom is 0.124 e. The van der Waals surface area contributed by atoms with Gasteiger partial charge < -0.3 is 10.5 Å². The van der Waals surface area contributed by atoms with Crippen LogP contribution in [0.3, 0.4) is 0 Å². The largest absolute Gasteiger partial charge is 0.490 e. The van der Waals surface area contributed by atoms with Gasteiger partial charge in [-0.2, -0.15) is 0 Å². The second-order valence-electron chi connectivity index (χ2n) is 4.57. The molecule has 0 spiro atoms. The highest BCUT2D eigenvalue weighted by atomic mass is 35.5. The molecule has 1 aliphatic heterocycles. The SMILES string of the molecule is CCC(C)C1C[C@@H](N)c2cc(Cl)ccc2O1. The second kappa shape index (κ2) is 4.64. The number of rotatable bonds is 2. The maximum atomic E-state index is 6.16. The van der Waals surface area contributed by atoms with Crippen molar-refractivity contribution < 1.29 is 4.74 Å². The summed E-state index contributed by atoms with van der Waals surface area (Å²) in [5.74, 6) is 1.43. The zero-order chi connectivity index (χ0) is 11.7. The third-order valence-corrected chi connectivity index (χ3v) is 3.65. The average Bonchev–Trinajstić information content (AvgIpc) is 2.28. The van der Waals surface area contributed by atoms with Crippen molar-refractivity contribution in [3.63, 3.8) is 0 Å². The van der Waals surface area contributed by atoms with E-state index < -0.39 is 0 Å². The Kier molecular flexibility index (Phi) is 3.41. The number of hydrogen-bond donors (Lipinski definition) is 1. The summed E-state index contributed by atoms with van der Waals surface area (Å²) in [6.07, 6.45) is 2.22. The Balaban J connectivity index is 2.26. The van der Waals surface area contributed by atoms with Crippen LogP contribution in [0.4, 0.5) is 0 Å².